The van der Waals surface area contributed by atoms with Crippen LogP contribution < -0.4 is 9.75 Å². The van der Waals surface area contributed by atoms with Crippen molar-refractivity contribution in [3.63, 3.8) is 0 Å². The van der Waals surface area contributed by atoms with Gasteiger partial charge >= 0.3 is 0 Å². The van der Waals surface area contributed by atoms with Crippen LogP contribution in [0.1, 0.15) is 29.8 Å². The highest BCUT2D eigenvalue weighted by molar-refractivity contribution is 8.14. The topological polar surface area (TPSA) is 76.8 Å². The molecule has 0 unspecified atom stereocenters. The molecule has 0 bridgehead atoms. The van der Waals surface area contributed by atoms with Crippen molar-refractivity contribution in [2.75, 3.05) is 12.1 Å². The van der Waals surface area contributed by atoms with Crippen molar-refractivity contribution in [2.45, 2.75) is 25.8 Å². The summed E-state index contributed by atoms with van der Waals surface area (Å²) in [4.78, 5) is 29.6. The van der Waals surface area contributed by atoms with Crippen LogP contribution >= 0.6 is 11.8 Å². The number of hydrazone groups is 1. The van der Waals surface area contributed by atoms with E-state index in [4.69, 9.17) is 4.74 Å². The first kappa shape index (κ1) is 19.9. The summed E-state index contributed by atoms with van der Waals surface area (Å²) in [6.45, 7) is 4.90. The lowest BCUT2D eigenvalue weighted by Gasteiger charge is -2.21. The molecule has 2 aromatic carbocycles. The summed E-state index contributed by atoms with van der Waals surface area (Å²) >= 11 is 1.31. The van der Waals surface area contributed by atoms with Crippen molar-refractivity contribution in [3.8, 4) is 17.1 Å². The molecule has 30 heavy (non-hydrogen) atoms. The first-order valence-electron chi connectivity index (χ1n) is 9.31. The molecule has 152 valence electrons. The molecule has 0 spiro atoms. The molecule has 1 aliphatic heterocycles. The Morgan fingerprint density at radius 3 is 2.13 bits per heavy atom. The minimum absolute atomic E-state index is 0.189. The molecule has 0 N–H and O–H groups in total. The van der Waals surface area contributed by atoms with Crippen LogP contribution in [-0.2, 0) is 4.79 Å². The Morgan fingerprint density at radius 2 is 1.57 bits per heavy atom. The van der Waals surface area contributed by atoms with E-state index in [0.717, 1.165) is 22.4 Å². The molecule has 1 amide bonds. The number of carbonyl (C=O) groups excluding carboxylic acids is 2. The molecule has 3 aromatic rings. The van der Waals surface area contributed by atoms with Crippen LogP contribution in [0.5, 0.6) is 5.75 Å². The predicted octanol–water partition coefficient (Wildman–Crippen LogP) is 4.35. The van der Waals surface area contributed by atoms with E-state index in [1.54, 1.807) is 11.7 Å². The Kier molecular flexibility index (Phi) is 5.17. The van der Waals surface area contributed by atoms with Gasteiger partial charge < -0.3 is 4.74 Å². The van der Waals surface area contributed by atoms with Crippen LogP contribution in [-0.4, -0.2) is 33.5 Å². The van der Waals surface area contributed by atoms with E-state index in [1.807, 2.05) is 55.5 Å². The van der Waals surface area contributed by atoms with E-state index in [-0.39, 0.29) is 11.8 Å². The van der Waals surface area contributed by atoms with Gasteiger partial charge in [0, 0.05) is 25.0 Å². The quantitative estimate of drug-likeness (QED) is 0.630. The number of thioether (sulfide) groups is 1. The Balaban J connectivity index is 1.86. The van der Waals surface area contributed by atoms with Gasteiger partial charge in [0.25, 0.3) is 0 Å². The Labute approximate surface area is 178 Å². The van der Waals surface area contributed by atoms with Crippen LogP contribution in [0.2, 0.25) is 0 Å². The van der Waals surface area contributed by atoms with Crippen molar-refractivity contribution >= 4 is 34.4 Å². The van der Waals surface area contributed by atoms with Crippen molar-refractivity contribution in [2.24, 2.45) is 5.10 Å². The molecule has 1 aromatic heterocycles. The number of fused-ring (bicyclic) bond motifs is 1. The third kappa shape index (κ3) is 3.50. The lowest BCUT2D eigenvalue weighted by Crippen LogP contribution is -2.28. The zero-order valence-electron chi connectivity index (χ0n) is 17.0. The zero-order valence-corrected chi connectivity index (χ0v) is 17.9. The lowest BCUT2D eigenvalue weighted by molar-refractivity contribution is -0.116. The molecule has 2 heterocycles. The van der Waals surface area contributed by atoms with Crippen molar-refractivity contribution in [3.05, 3.63) is 59.7 Å². The van der Waals surface area contributed by atoms with Gasteiger partial charge in [0.2, 0.25) is 11.8 Å². The minimum Gasteiger partial charge on any atom is -0.497 e. The molecule has 0 saturated carbocycles. The van der Waals surface area contributed by atoms with Crippen molar-refractivity contribution < 1.29 is 14.3 Å². The number of methoxy groups -OCH3 is 1. The maximum Gasteiger partial charge on any atom is 0.245 e. The third-order valence-corrected chi connectivity index (χ3v) is 5.73. The average Bonchev–Trinajstić information content (AvgIpc) is 3.13. The molecule has 0 aliphatic carbocycles. The zero-order chi connectivity index (χ0) is 21.4. The monoisotopic (exact) mass is 420 g/mol. The number of hydrogen-bond acceptors (Lipinski definition) is 6. The van der Waals surface area contributed by atoms with Crippen LogP contribution in [0.4, 0.5) is 5.82 Å². The first-order chi connectivity index (χ1) is 14.4. The number of anilines is 1. The molecule has 0 radical (unpaired) electrons. The van der Waals surface area contributed by atoms with Gasteiger partial charge in [-0.05, 0) is 43.0 Å². The highest BCUT2D eigenvalue weighted by atomic mass is 32.2. The number of aromatic nitrogens is 2. The SMILES string of the molecule is COc1ccc(C2=NN(C(C)=O)c3nc(-c4ccc(C)cc4)n(C(C)=O)c3S2)cc1. The summed E-state index contributed by atoms with van der Waals surface area (Å²) in [6, 6.07) is 15.1. The van der Waals surface area contributed by atoms with Gasteiger partial charge in [-0.15, -0.1) is 0 Å². The van der Waals surface area contributed by atoms with Crippen molar-refractivity contribution in [1.29, 1.82) is 0 Å². The Morgan fingerprint density at radius 1 is 0.933 bits per heavy atom. The summed E-state index contributed by atoms with van der Waals surface area (Å²) in [6.07, 6.45) is 0. The molecule has 8 heteroatoms. The van der Waals surface area contributed by atoms with Gasteiger partial charge in [0.1, 0.15) is 21.6 Å². The standard InChI is InChI=1S/C22H20N4O3S/c1-13-5-7-16(8-6-13)19-23-20-22(25(19)14(2)27)30-21(24-26(20)15(3)28)17-9-11-18(29-4)12-10-17/h5-12H,1-4H3. The number of aryl methyl sites for hydroxylation is 1. The molecule has 7 nitrogen and oxygen atoms in total. The largest absolute Gasteiger partial charge is 0.497 e. The highest BCUT2D eigenvalue weighted by Crippen LogP contribution is 2.40. The number of imidazole rings is 1. The van der Waals surface area contributed by atoms with Gasteiger partial charge in [-0.25, -0.2) is 4.98 Å². The van der Waals surface area contributed by atoms with Gasteiger partial charge in [0.15, 0.2) is 5.82 Å². The van der Waals surface area contributed by atoms with Crippen molar-refractivity contribution in [1.82, 2.24) is 9.55 Å². The summed E-state index contributed by atoms with van der Waals surface area (Å²) in [5, 5.41) is 6.92. The lowest BCUT2D eigenvalue weighted by atomic mass is 10.1. The number of ether oxygens (including phenoxy) is 1. The van der Waals surface area contributed by atoms with E-state index in [2.05, 4.69) is 10.1 Å². The van der Waals surface area contributed by atoms with Gasteiger partial charge in [0.05, 0.1) is 7.11 Å². The number of amides is 1. The molecular formula is C22H20N4O3S. The second-order valence-corrected chi connectivity index (χ2v) is 7.83. The molecule has 0 fully saturated rings. The molecule has 0 atom stereocenters. The minimum atomic E-state index is -0.286. The number of hydrogen-bond donors (Lipinski definition) is 0. The Hall–Kier alpha value is -3.39. The fraction of sp³-hybridized carbons (Fsp3) is 0.182. The fourth-order valence-electron chi connectivity index (χ4n) is 3.13. The number of nitrogens with zero attached hydrogens (tertiary/aromatic N) is 4. The maximum atomic E-state index is 12.6. The highest BCUT2D eigenvalue weighted by Gasteiger charge is 2.32. The Bertz CT molecular complexity index is 1160. The summed E-state index contributed by atoms with van der Waals surface area (Å²) in [5.41, 5.74) is 2.71. The van der Waals surface area contributed by atoms with Gasteiger partial charge in [-0.2, -0.15) is 10.1 Å². The summed E-state index contributed by atoms with van der Waals surface area (Å²) in [5.74, 6) is 1.09. The normalized spacial score (nSPS) is 12.9. The van der Waals surface area contributed by atoms with Crippen LogP contribution in [0.3, 0.4) is 0 Å². The second kappa shape index (κ2) is 7.79. The number of carbonyl (C=O) groups is 2. The van der Waals surface area contributed by atoms with Crippen LogP contribution in [0.15, 0.2) is 58.7 Å². The number of rotatable bonds is 3. The maximum absolute atomic E-state index is 12.6. The predicted molar refractivity (Wildman–Crippen MR) is 117 cm³/mol. The van der Waals surface area contributed by atoms with Gasteiger partial charge in [-0.3, -0.25) is 14.2 Å². The van der Waals surface area contributed by atoms with E-state index in [0.29, 0.717) is 21.7 Å². The van der Waals surface area contributed by atoms with Gasteiger partial charge in [-0.1, -0.05) is 29.8 Å². The molecule has 4 rings (SSSR count). The van der Waals surface area contributed by atoms with Crippen LogP contribution in [0.25, 0.3) is 11.4 Å². The summed E-state index contributed by atoms with van der Waals surface area (Å²) < 4.78 is 6.75. The molecule has 0 saturated heterocycles. The second-order valence-electron chi connectivity index (χ2n) is 6.85. The summed E-state index contributed by atoms with van der Waals surface area (Å²) in [7, 11) is 1.60. The van der Waals surface area contributed by atoms with E-state index in [1.165, 1.54) is 30.6 Å². The first-order valence-corrected chi connectivity index (χ1v) is 10.1. The molecule has 1 aliphatic rings. The smallest absolute Gasteiger partial charge is 0.245 e. The van der Waals surface area contributed by atoms with E-state index in [9.17, 15) is 9.59 Å². The fourth-order valence-corrected chi connectivity index (χ4v) is 4.22. The third-order valence-electron chi connectivity index (χ3n) is 4.66. The number of benzene rings is 2. The van der Waals surface area contributed by atoms with E-state index >= 15 is 0 Å². The van der Waals surface area contributed by atoms with E-state index < -0.39 is 0 Å². The molecular weight excluding hydrogens is 400 g/mol. The van der Waals surface area contributed by atoms with Crippen LogP contribution in [0, 0.1) is 6.92 Å². The average molecular weight is 420 g/mol.